The fourth-order valence-corrected chi connectivity index (χ4v) is 2.99. The molecule has 0 fully saturated rings. The first kappa shape index (κ1) is 14.1. The first-order valence-corrected chi connectivity index (χ1v) is 7.30. The molecule has 1 unspecified atom stereocenters. The first-order valence-electron chi connectivity index (χ1n) is 6.31. The Morgan fingerprint density at radius 3 is 2.53 bits per heavy atom. The van der Waals surface area contributed by atoms with Gasteiger partial charge in [0.2, 0.25) is 0 Å². The molecular weight excluding hydrogens is 257 g/mol. The highest BCUT2D eigenvalue weighted by Gasteiger charge is 2.09. The summed E-state index contributed by atoms with van der Waals surface area (Å²) in [6.07, 6.45) is 0. The Kier molecular flexibility index (Phi) is 5.00. The molecule has 1 atom stereocenters. The zero-order chi connectivity index (χ0) is 13.7. The van der Waals surface area contributed by atoms with Crippen molar-refractivity contribution in [3.05, 3.63) is 65.5 Å². The Balaban J connectivity index is 2.01. The highest BCUT2D eigenvalue weighted by molar-refractivity contribution is 7.99. The van der Waals surface area contributed by atoms with Gasteiger partial charge in [0, 0.05) is 16.7 Å². The van der Waals surface area contributed by atoms with E-state index < -0.39 is 0 Å². The summed E-state index contributed by atoms with van der Waals surface area (Å²) in [6, 6.07) is 15.5. The Morgan fingerprint density at radius 1 is 1.16 bits per heavy atom. The number of hydrogen-bond acceptors (Lipinski definition) is 2. The minimum absolute atomic E-state index is 0.187. The van der Waals surface area contributed by atoms with Crippen LogP contribution in [0.5, 0.6) is 0 Å². The number of thioether (sulfide) groups is 1. The SMILES string of the molecule is CNC(CSc1ccc(F)cc1)c1cccc(C)c1. The van der Waals surface area contributed by atoms with E-state index in [-0.39, 0.29) is 5.82 Å². The van der Waals surface area contributed by atoms with Gasteiger partial charge in [0.05, 0.1) is 0 Å². The fraction of sp³-hybridized carbons (Fsp3) is 0.250. The quantitative estimate of drug-likeness (QED) is 0.821. The van der Waals surface area contributed by atoms with Crippen LogP contribution in [-0.4, -0.2) is 12.8 Å². The van der Waals surface area contributed by atoms with Crippen molar-refractivity contribution in [2.24, 2.45) is 0 Å². The van der Waals surface area contributed by atoms with Crippen LogP contribution in [0.15, 0.2) is 53.4 Å². The lowest BCUT2D eigenvalue weighted by Crippen LogP contribution is -2.18. The third-order valence-corrected chi connectivity index (χ3v) is 4.13. The van der Waals surface area contributed by atoms with Crippen molar-refractivity contribution in [1.82, 2.24) is 5.32 Å². The molecule has 0 heterocycles. The van der Waals surface area contributed by atoms with Gasteiger partial charge in [-0.3, -0.25) is 0 Å². The van der Waals surface area contributed by atoms with Crippen LogP contribution in [0.1, 0.15) is 17.2 Å². The lowest BCUT2D eigenvalue weighted by Gasteiger charge is -2.16. The van der Waals surface area contributed by atoms with E-state index in [0.29, 0.717) is 6.04 Å². The Hall–Kier alpha value is -1.32. The van der Waals surface area contributed by atoms with Crippen LogP contribution in [0.2, 0.25) is 0 Å². The van der Waals surface area contributed by atoms with Crippen molar-refractivity contribution in [2.75, 3.05) is 12.8 Å². The maximum absolute atomic E-state index is 12.8. The second kappa shape index (κ2) is 6.73. The van der Waals surface area contributed by atoms with Gasteiger partial charge in [0.1, 0.15) is 5.82 Å². The van der Waals surface area contributed by atoms with Crippen LogP contribution in [0, 0.1) is 12.7 Å². The number of benzene rings is 2. The summed E-state index contributed by atoms with van der Waals surface area (Å²) in [5.74, 6) is 0.735. The number of nitrogens with one attached hydrogen (secondary N) is 1. The molecule has 0 aliphatic carbocycles. The predicted molar refractivity (Wildman–Crippen MR) is 80.1 cm³/mol. The maximum atomic E-state index is 12.8. The third-order valence-electron chi connectivity index (χ3n) is 3.02. The molecular formula is C16H18FNS. The van der Waals surface area contributed by atoms with E-state index in [9.17, 15) is 4.39 Å². The second-order valence-electron chi connectivity index (χ2n) is 4.52. The molecule has 1 N–H and O–H groups in total. The molecule has 0 aliphatic heterocycles. The average Bonchev–Trinajstić information content (AvgIpc) is 2.42. The van der Waals surface area contributed by atoms with Gasteiger partial charge < -0.3 is 5.32 Å². The topological polar surface area (TPSA) is 12.0 Å². The molecule has 0 spiro atoms. The van der Waals surface area contributed by atoms with E-state index in [0.717, 1.165) is 10.6 Å². The van der Waals surface area contributed by atoms with E-state index in [1.54, 1.807) is 11.8 Å². The summed E-state index contributed by atoms with van der Waals surface area (Å²) in [5, 5.41) is 3.33. The molecule has 2 rings (SSSR count). The summed E-state index contributed by atoms with van der Waals surface area (Å²) < 4.78 is 12.8. The van der Waals surface area contributed by atoms with Gasteiger partial charge in [0.15, 0.2) is 0 Å². The molecule has 0 saturated heterocycles. The summed E-state index contributed by atoms with van der Waals surface area (Å²) >= 11 is 1.73. The predicted octanol–water partition coefficient (Wildman–Crippen LogP) is 4.19. The molecule has 1 nitrogen and oxygen atoms in total. The maximum Gasteiger partial charge on any atom is 0.123 e. The van der Waals surface area contributed by atoms with E-state index in [1.165, 1.54) is 23.3 Å². The molecule has 0 aliphatic rings. The first-order chi connectivity index (χ1) is 9.19. The molecule has 0 bridgehead atoms. The molecule has 2 aromatic carbocycles. The number of halogens is 1. The molecule has 3 heteroatoms. The summed E-state index contributed by atoms with van der Waals surface area (Å²) in [6.45, 7) is 2.10. The third kappa shape index (κ3) is 4.08. The number of hydrogen-bond donors (Lipinski definition) is 1. The van der Waals surface area contributed by atoms with Crippen LogP contribution >= 0.6 is 11.8 Å². The Morgan fingerprint density at radius 2 is 1.89 bits per heavy atom. The normalized spacial score (nSPS) is 12.4. The summed E-state index contributed by atoms with van der Waals surface area (Å²) in [5.41, 5.74) is 2.56. The lowest BCUT2D eigenvalue weighted by molar-refractivity contribution is 0.626. The zero-order valence-electron chi connectivity index (χ0n) is 11.2. The Labute approximate surface area is 118 Å². The van der Waals surface area contributed by atoms with Crippen molar-refractivity contribution in [2.45, 2.75) is 17.9 Å². The van der Waals surface area contributed by atoms with Gasteiger partial charge in [-0.1, -0.05) is 29.8 Å². The molecule has 2 aromatic rings. The molecule has 100 valence electrons. The van der Waals surface area contributed by atoms with Crippen LogP contribution in [-0.2, 0) is 0 Å². The number of aryl methyl sites for hydroxylation is 1. The summed E-state index contributed by atoms with van der Waals surface area (Å²) in [4.78, 5) is 1.09. The lowest BCUT2D eigenvalue weighted by atomic mass is 10.1. The standard InChI is InChI=1S/C16H18FNS/c1-12-4-3-5-13(10-12)16(18-2)11-19-15-8-6-14(17)7-9-15/h3-10,16,18H,11H2,1-2H3. The highest BCUT2D eigenvalue weighted by Crippen LogP contribution is 2.25. The minimum Gasteiger partial charge on any atom is -0.312 e. The van der Waals surface area contributed by atoms with Crippen LogP contribution < -0.4 is 5.32 Å². The van der Waals surface area contributed by atoms with Crippen molar-refractivity contribution in [3.63, 3.8) is 0 Å². The van der Waals surface area contributed by atoms with Gasteiger partial charge in [-0.2, -0.15) is 0 Å². The van der Waals surface area contributed by atoms with Crippen molar-refractivity contribution in [3.8, 4) is 0 Å². The minimum atomic E-state index is -0.187. The highest BCUT2D eigenvalue weighted by atomic mass is 32.2. The smallest absolute Gasteiger partial charge is 0.123 e. The van der Waals surface area contributed by atoms with E-state index in [1.807, 2.05) is 19.2 Å². The van der Waals surface area contributed by atoms with Gasteiger partial charge in [-0.25, -0.2) is 4.39 Å². The van der Waals surface area contributed by atoms with Crippen molar-refractivity contribution < 1.29 is 4.39 Å². The van der Waals surface area contributed by atoms with Gasteiger partial charge >= 0.3 is 0 Å². The van der Waals surface area contributed by atoms with Crippen molar-refractivity contribution in [1.29, 1.82) is 0 Å². The average molecular weight is 275 g/mol. The molecule has 19 heavy (non-hydrogen) atoms. The van der Waals surface area contributed by atoms with E-state index in [4.69, 9.17) is 0 Å². The van der Waals surface area contributed by atoms with Gasteiger partial charge in [-0.15, -0.1) is 11.8 Å². The molecule has 0 amide bonds. The van der Waals surface area contributed by atoms with Gasteiger partial charge in [0.25, 0.3) is 0 Å². The van der Waals surface area contributed by atoms with E-state index in [2.05, 4.69) is 36.5 Å². The van der Waals surface area contributed by atoms with Crippen LogP contribution in [0.4, 0.5) is 4.39 Å². The monoisotopic (exact) mass is 275 g/mol. The fourth-order valence-electron chi connectivity index (χ4n) is 1.94. The Bertz CT molecular complexity index is 525. The van der Waals surface area contributed by atoms with Crippen LogP contribution in [0.25, 0.3) is 0 Å². The van der Waals surface area contributed by atoms with Gasteiger partial charge in [-0.05, 0) is 43.8 Å². The zero-order valence-corrected chi connectivity index (χ0v) is 12.0. The molecule has 0 saturated carbocycles. The van der Waals surface area contributed by atoms with E-state index >= 15 is 0 Å². The molecule has 0 radical (unpaired) electrons. The van der Waals surface area contributed by atoms with Crippen molar-refractivity contribution >= 4 is 11.8 Å². The van der Waals surface area contributed by atoms with Crippen LogP contribution in [0.3, 0.4) is 0 Å². The largest absolute Gasteiger partial charge is 0.312 e. The number of rotatable bonds is 5. The second-order valence-corrected chi connectivity index (χ2v) is 5.61. The molecule has 0 aromatic heterocycles. The summed E-state index contributed by atoms with van der Waals surface area (Å²) in [7, 11) is 1.97.